The average molecular weight is 606 g/mol. The second-order valence-electron chi connectivity index (χ2n) is 9.76. The van der Waals surface area contributed by atoms with Gasteiger partial charge in [-0.05, 0) is 90.0 Å². The van der Waals surface area contributed by atoms with E-state index in [0.717, 1.165) is 5.56 Å². The van der Waals surface area contributed by atoms with Gasteiger partial charge in [-0.15, -0.1) is 0 Å². The van der Waals surface area contributed by atoms with E-state index in [1.165, 1.54) is 6.07 Å². The van der Waals surface area contributed by atoms with Gasteiger partial charge in [-0.2, -0.15) is 0 Å². The van der Waals surface area contributed by atoms with Gasteiger partial charge in [-0.1, -0.05) is 60.1 Å². The van der Waals surface area contributed by atoms with Crippen LogP contribution in [0.5, 0.6) is 17.2 Å². The Labute approximate surface area is 259 Å². The zero-order valence-corrected chi connectivity index (χ0v) is 24.2. The first-order chi connectivity index (χ1) is 21.3. The number of primary amides is 1. The average Bonchev–Trinajstić information content (AvgIpc) is 3.05. The highest BCUT2D eigenvalue weighted by molar-refractivity contribution is 6.30. The first-order valence-corrected chi connectivity index (χ1v) is 14.0. The summed E-state index contributed by atoms with van der Waals surface area (Å²) in [7, 11) is 0. The van der Waals surface area contributed by atoms with Gasteiger partial charge in [-0.3, -0.25) is 14.4 Å². The summed E-state index contributed by atoms with van der Waals surface area (Å²) in [5, 5.41) is 6.19. The lowest BCUT2D eigenvalue weighted by molar-refractivity contribution is -0.118. The molecule has 0 aliphatic rings. The molecular weight excluding hydrogens is 578 g/mol. The molecule has 3 amide bonds. The van der Waals surface area contributed by atoms with Crippen LogP contribution in [0.25, 0.3) is 0 Å². The lowest BCUT2D eigenvalue weighted by atomic mass is 10.0. The number of benzene rings is 5. The Morgan fingerprint density at radius 2 is 1.34 bits per heavy atom. The van der Waals surface area contributed by atoms with Gasteiger partial charge >= 0.3 is 0 Å². The van der Waals surface area contributed by atoms with E-state index >= 15 is 0 Å². The van der Waals surface area contributed by atoms with Crippen molar-refractivity contribution in [1.82, 2.24) is 5.32 Å². The Bertz CT molecular complexity index is 1740. The van der Waals surface area contributed by atoms with Gasteiger partial charge in [0.15, 0.2) is 0 Å². The normalized spacial score (nSPS) is 11.2. The van der Waals surface area contributed by atoms with E-state index in [1.807, 2.05) is 30.3 Å². The molecule has 0 saturated heterocycles. The lowest BCUT2D eigenvalue weighted by Gasteiger charge is -2.20. The number of nitrogens with one attached hydrogen (secondary N) is 2. The van der Waals surface area contributed by atoms with E-state index in [1.54, 1.807) is 91.0 Å². The summed E-state index contributed by atoms with van der Waals surface area (Å²) in [6, 6.07) is 35.3. The second-order valence-corrected chi connectivity index (χ2v) is 10.2. The van der Waals surface area contributed by atoms with Crippen LogP contribution in [0.3, 0.4) is 0 Å². The number of rotatable bonds is 11. The number of nitrogens with two attached hydrogens (primary N) is 1. The molecule has 0 aliphatic carbocycles. The molecule has 0 spiro atoms. The minimum absolute atomic E-state index is 0.240. The van der Waals surface area contributed by atoms with Crippen molar-refractivity contribution in [2.75, 3.05) is 5.32 Å². The highest BCUT2D eigenvalue weighted by atomic mass is 35.5. The molecule has 9 heteroatoms. The summed E-state index contributed by atoms with van der Waals surface area (Å²) in [5.74, 6) is 0.117. The van der Waals surface area contributed by atoms with Gasteiger partial charge in [0, 0.05) is 21.8 Å². The molecule has 1 atom stereocenters. The molecule has 220 valence electrons. The van der Waals surface area contributed by atoms with Gasteiger partial charge in [0.25, 0.3) is 11.8 Å². The predicted octanol–water partition coefficient (Wildman–Crippen LogP) is 6.92. The van der Waals surface area contributed by atoms with Crippen molar-refractivity contribution in [3.05, 3.63) is 155 Å². The third-order valence-electron chi connectivity index (χ3n) is 6.58. The van der Waals surface area contributed by atoms with Crippen molar-refractivity contribution in [2.24, 2.45) is 5.73 Å². The van der Waals surface area contributed by atoms with Crippen LogP contribution in [0.15, 0.2) is 127 Å². The molecule has 44 heavy (non-hydrogen) atoms. The summed E-state index contributed by atoms with van der Waals surface area (Å²) in [6.07, 6.45) is 0. The first kappa shape index (κ1) is 29.9. The fraction of sp³-hybridized carbons (Fsp3) is 0.0571. The van der Waals surface area contributed by atoms with Crippen molar-refractivity contribution in [3.63, 3.8) is 0 Å². The fourth-order valence-electron chi connectivity index (χ4n) is 4.29. The number of carbonyl (C=O) groups is 3. The maximum atomic E-state index is 13.5. The van der Waals surface area contributed by atoms with E-state index in [-0.39, 0.29) is 5.56 Å². The molecule has 4 N–H and O–H groups in total. The summed E-state index contributed by atoms with van der Waals surface area (Å²) >= 11 is 5.93. The number of halogens is 1. The maximum Gasteiger partial charge on any atom is 0.252 e. The van der Waals surface area contributed by atoms with Crippen molar-refractivity contribution in [3.8, 4) is 17.2 Å². The largest absolute Gasteiger partial charge is 0.489 e. The zero-order chi connectivity index (χ0) is 30.9. The molecule has 0 fully saturated rings. The molecule has 0 radical (unpaired) electrons. The molecule has 5 aromatic rings. The SMILES string of the molecule is NC(=O)c1cccc(NC(=O)[C@@H](NC(=O)c2ccc(Oc3ccc(Cl)cc3)cc2)c2ccc(OCc3ccccc3)cc2)c1. The summed E-state index contributed by atoms with van der Waals surface area (Å²) in [6.45, 7) is 0.384. The standard InChI is InChI=1S/C35H28ClN3O5/c36-27-13-19-31(20-14-27)44-30-17-11-25(12-18-30)34(41)39-32(35(42)38-28-8-4-7-26(21-28)33(37)40)24-9-15-29(16-10-24)43-22-23-5-2-1-3-6-23/h1-21,32H,22H2,(H2,37,40)(H,38,42)(H,39,41)/t32-/m0/s1. The van der Waals surface area contributed by atoms with Gasteiger partial charge in [-0.25, -0.2) is 0 Å². The van der Waals surface area contributed by atoms with Crippen LogP contribution in [-0.4, -0.2) is 17.7 Å². The highest BCUT2D eigenvalue weighted by Crippen LogP contribution is 2.25. The smallest absolute Gasteiger partial charge is 0.252 e. The predicted molar refractivity (Wildman–Crippen MR) is 169 cm³/mol. The molecule has 5 aromatic carbocycles. The van der Waals surface area contributed by atoms with Crippen LogP contribution in [0.4, 0.5) is 5.69 Å². The Morgan fingerprint density at radius 1 is 0.705 bits per heavy atom. The third kappa shape index (κ3) is 8.02. The van der Waals surface area contributed by atoms with E-state index in [0.29, 0.717) is 45.7 Å². The second kappa shape index (κ2) is 14.0. The highest BCUT2D eigenvalue weighted by Gasteiger charge is 2.24. The number of amides is 3. The van der Waals surface area contributed by atoms with E-state index in [9.17, 15) is 14.4 Å². The molecule has 0 aromatic heterocycles. The fourth-order valence-corrected chi connectivity index (χ4v) is 4.42. The first-order valence-electron chi connectivity index (χ1n) is 13.7. The zero-order valence-electron chi connectivity index (χ0n) is 23.4. The van der Waals surface area contributed by atoms with Gasteiger partial charge in [0.1, 0.15) is 29.9 Å². The Balaban J connectivity index is 1.33. The monoisotopic (exact) mass is 605 g/mol. The van der Waals surface area contributed by atoms with Crippen molar-refractivity contribution < 1.29 is 23.9 Å². The van der Waals surface area contributed by atoms with Crippen LogP contribution in [-0.2, 0) is 11.4 Å². The third-order valence-corrected chi connectivity index (χ3v) is 6.83. The van der Waals surface area contributed by atoms with Crippen molar-refractivity contribution in [1.29, 1.82) is 0 Å². The van der Waals surface area contributed by atoms with Crippen molar-refractivity contribution >= 4 is 35.0 Å². The van der Waals surface area contributed by atoms with E-state index in [2.05, 4.69) is 10.6 Å². The summed E-state index contributed by atoms with van der Waals surface area (Å²) < 4.78 is 11.7. The molecule has 5 rings (SSSR count). The van der Waals surface area contributed by atoms with E-state index in [4.69, 9.17) is 26.8 Å². The molecule has 0 unspecified atom stereocenters. The summed E-state index contributed by atoms with van der Waals surface area (Å²) in [5.41, 5.74) is 7.86. The van der Waals surface area contributed by atoms with Crippen LogP contribution in [0.2, 0.25) is 5.02 Å². The molecular formula is C35H28ClN3O5. The Kier molecular flexibility index (Phi) is 9.54. The summed E-state index contributed by atoms with van der Waals surface area (Å²) in [4.78, 5) is 38.5. The number of hydrogen-bond acceptors (Lipinski definition) is 5. The number of ether oxygens (including phenoxy) is 2. The van der Waals surface area contributed by atoms with Crippen LogP contribution in [0.1, 0.15) is 37.9 Å². The minimum atomic E-state index is -1.08. The van der Waals surface area contributed by atoms with E-state index < -0.39 is 23.8 Å². The quantitative estimate of drug-likeness (QED) is 0.151. The molecule has 0 bridgehead atoms. The number of hydrogen-bond donors (Lipinski definition) is 3. The molecule has 8 nitrogen and oxygen atoms in total. The van der Waals surface area contributed by atoms with Gasteiger partial charge < -0.3 is 25.8 Å². The van der Waals surface area contributed by atoms with Crippen LogP contribution < -0.4 is 25.8 Å². The van der Waals surface area contributed by atoms with Crippen molar-refractivity contribution in [2.45, 2.75) is 12.6 Å². The number of carbonyl (C=O) groups excluding carboxylic acids is 3. The molecule has 0 aliphatic heterocycles. The van der Waals surface area contributed by atoms with Gasteiger partial charge in [0.05, 0.1) is 0 Å². The minimum Gasteiger partial charge on any atom is -0.489 e. The maximum absolute atomic E-state index is 13.5. The van der Waals surface area contributed by atoms with Gasteiger partial charge in [0.2, 0.25) is 5.91 Å². The Hall–Kier alpha value is -5.60. The number of anilines is 1. The molecule has 0 saturated carbocycles. The lowest BCUT2D eigenvalue weighted by Crippen LogP contribution is -2.37. The van der Waals surface area contributed by atoms with Crippen LogP contribution in [0, 0.1) is 0 Å². The van der Waals surface area contributed by atoms with Crippen LogP contribution >= 0.6 is 11.6 Å². The topological polar surface area (TPSA) is 120 Å². The Morgan fingerprint density at radius 3 is 2.00 bits per heavy atom. The molecule has 0 heterocycles.